The zero-order valence-corrected chi connectivity index (χ0v) is 20.1. The number of rotatable bonds is 10. The van der Waals surface area contributed by atoms with Gasteiger partial charge in [-0.3, -0.25) is 4.79 Å². The number of aromatic nitrogens is 2. The summed E-state index contributed by atoms with van der Waals surface area (Å²) in [4.78, 5) is 32.4. The summed E-state index contributed by atoms with van der Waals surface area (Å²) in [7, 11) is 5.35. The number of fused-ring (bicyclic) bond motifs is 1. The van der Waals surface area contributed by atoms with Gasteiger partial charge in [0.15, 0.2) is 11.5 Å². The van der Waals surface area contributed by atoms with Crippen molar-refractivity contribution >= 4 is 34.3 Å². The van der Waals surface area contributed by atoms with Gasteiger partial charge in [-0.15, -0.1) is 0 Å². The number of methoxy groups -OCH3 is 1. The van der Waals surface area contributed by atoms with Gasteiger partial charge in [-0.05, 0) is 51.6 Å². The molecule has 0 bridgehead atoms. The van der Waals surface area contributed by atoms with Gasteiger partial charge in [-0.1, -0.05) is 13.8 Å². The lowest BCUT2D eigenvalue weighted by molar-refractivity contribution is 0.0589. The predicted molar refractivity (Wildman–Crippen MR) is 129 cm³/mol. The van der Waals surface area contributed by atoms with Crippen LogP contribution in [0.15, 0.2) is 35.1 Å². The molecule has 2 N–H and O–H groups in total. The molecule has 1 atom stereocenters. The lowest BCUT2D eigenvalue weighted by Crippen LogP contribution is -2.29. The largest absolute Gasteiger partial charge is 0.464 e. The number of anilines is 2. The van der Waals surface area contributed by atoms with Crippen LogP contribution in [0.3, 0.4) is 0 Å². The van der Waals surface area contributed by atoms with Crippen LogP contribution < -0.4 is 10.6 Å². The van der Waals surface area contributed by atoms with Gasteiger partial charge in [0.05, 0.1) is 30.9 Å². The van der Waals surface area contributed by atoms with E-state index in [-0.39, 0.29) is 17.5 Å². The predicted octanol–water partition coefficient (Wildman–Crippen LogP) is 4.08. The summed E-state index contributed by atoms with van der Waals surface area (Å²) in [5.74, 6) is -0.424. The molecule has 0 saturated carbocycles. The van der Waals surface area contributed by atoms with Crippen molar-refractivity contribution in [2.24, 2.45) is 5.92 Å². The van der Waals surface area contributed by atoms with Crippen LogP contribution in [0.4, 0.5) is 11.4 Å². The van der Waals surface area contributed by atoms with Gasteiger partial charge in [-0.25, -0.2) is 9.78 Å². The number of nitrogens with one attached hydrogen (secondary N) is 2. The second-order valence-corrected chi connectivity index (χ2v) is 8.88. The maximum absolute atomic E-state index is 12.9. The smallest absolute Gasteiger partial charge is 0.356 e. The Labute approximate surface area is 194 Å². The third-order valence-corrected chi connectivity index (χ3v) is 5.24. The van der Waals surface area contributed by atoms with Gasteiger partial charge < -0.3 is 29.3 Å². The van der Waals surface area contributed by atoms with E-state index in [1.54, 1.807) is 18.3 Å². The second-order valence-electron chi connectivity index (χ2n) is 8.88. The van der Waals surface area contributed by atoms with Crippen LogP contribution in [0.1, 0.15) is 48.2 Å². The van der Waals surface area contributed by atoms with Crippen LogP contribution in [0.25, 0.3) is 11.0 Å². The van der Waals surface area contributed by atoms with E-state index in [0.29, 0.717) is 29.2 Å². The third-order valence-electron chi connectivity index (χ3n) is 5.24. The Bertz CT molecular complexity index is 1100. The summed E-state index contributed by atoms with van der Waals surface area (Å²) in [5, 5.41) is 6.95. The molecule has 0 aromatic carbocycles. The van der Waals surface area contributed by atoms with E-state index in [2.05, 4.69) is 41.3 Å². The Hall–Kier alpha value is -3.33. The number of hydrogen-bond acceptors (Lipinski definition) is 7. The summed E-state index contributed by atoms with van der Waals surface area (Å²) in [6, 6.07) is 5.28. The standard InChI is InChI=1S/C24H33N5O4/c1-15(2)9-10-29-21(24(31)32-6)20(27-23(30)19-8-7-11-33-19)18-12-17(13-25-22(18)29)26-16(3)14-28(4)5/h7-8,11-13,15-16,26H,9-10,14H2,1-6H3,(H,27,30). The molecule has 0 aliphatic rings. The maximum Gasteiger partial charge on any atom is 0.356 e. The normalized spacial score (nSPS) is 12.4. The Kier molecular flexibility index (Phi) is 7.75. The van der Waals surface area contributed by atoms with Crippen molar-refractivity contribution < 1.29 is 18.7 Å². The van der Waals surface area contributed by atoms with E-state index < -0.39 is 11.9 Å². The van der Waals surface area contributed by atoms with Gasteiger partial charge in [0.1, 0.15) is 5.65 Å². The summed E-state index contributed by atoms with van der Waals surface area (Å²) >= 11 is 0. The van der Waals surface area contributed by atoms with Crippen LogP contribution in [0.5, 0.6) is 0 Å². The number of amides is 1. The molecular weight excluding hydrogens is 422 g/mol. The Morgan fingerprint density at radius 3 is 2.64 bits per heavy atom. The van der Waals surface area contributed by atoms with E-state index in [0.717, 1.165) is 18.7 Å². The average molecular weight is 456 g/mol. The third kappa shape index (κ3) is 5.73. The average Bonchev–Trinajstić information content (AvgIpc) is 3.38. The molecule has 33 heavy (non-hydrogen) atoms. The highest BCUT2D eigenvalue weighted by Crippen LogP contribution is 2.33. The quantitative estimate of drug-likeness (QED) is 0.444. The first-order valence-corrected chi connectivity index (χ1v) is 11.1. The molecule has 178 valence electrons. The molecule has 0 saturated heterocycles. The highest BCUT2D eigenvalue weighted by atomic mass is 16.5. The fourth-order valence-electron chi connectivity index (χ4n) is 3.81. The van der Waals surface area contributed by atoms with E-state index in [9.17, 15) is 9.59 Å². The molecule has 3 rings (SSSR count). The molecule has 3 aromatic rings. The zero-order chi connectivity index (χ0) is 24.1. The first-order valence-electron chi connectivity index (χ1n) is 11.1. The second kappa shape index (κ2) is 10.5. The van der Waals surface area contributed by atoms with Crippen LogP contribution in [-0.4, -0.2) is 60.1 Å². The molecule has 0 aliphatic carbocycles. The number of aryl methyl sites for hydroxylation is 1. The lowest BCUT2D eigenvalue weighted by Gasteiger charge is -2.19. The van der Waals surface area contributed by atoms with Crippen molar-refractivity contribution in [3.8, 4) is 0 Å². The highest BCUT2D eigenvalue weighted by Gasteiger charge is 2.27. The van der Waals surface area contributed by atoms with Crippen molar-refractivity contribution in [1.29, 1.82) is 0 Å². The highest BCUT2D eigenvalue weighted by molar-refractivity contribution is 6.14. The number of carbonyl (C=O) groups excluding carboxylic acids is 2. The number of ether oxygens (including phenoxy) is 1. The number of furan rings is 1. The Morgan fingerprint density at radius 1 is 1.27 bits per heavy atom. The van der Waals surface area contributed by atoms with Crippen molar-refractivity contribution in [1.82, 2.24) is 14.5 Å². The van der Waals surface area contributed by atoms with Gasteiger partial charge in [0.2, 0.25) is 0 Å². The molecule has 9 heteroatoms. The SMILES string of the molecule is COC(=O)c1c(NC(=O)c2ccco2)c2cc(NC(C)CN(C)C)cnc2n1CCC(C)C. The molecular formula is C24H33N5O4. The van der Waals surface area contributed by atoms with E-state index in [1.807, 2.05) is 24.7 Å². The summed E-state index contributed by atoms with van der Waals surface area (Å²) in [6.07, 6.45) is 4.01. The number of esters is 1. The first-order chi connectivity index (χ1) is 15.7. The van der Waals surface area contributed by atoms with Crippen LogP contribution in [-0.2, 0) is 11.3 Å². The van der Waals surface area contributed by atoms with Crippen molar-refractivity contribution in [2.45, 2.75) is 39.8 Å². The number of likely N-dealkylation sites (N-methyl/N-ethyl adjacent to an activating group) is 1. The Morgan fingerprint density at radius 2 is 2.03 bits per heavy atom. The topological polar surface area (TPSA) is 102 Å². The molecule has 3 heterocycles. The summed E-state index contributed by atoms with van der Waals surface area (Å²) in [5.41, 5.74) is 2.02. The van der Waals surface area contributed by atoms with Gasteiger partial charge in [0.25, 0.3) is 5.91 Å². The molecule has 0 aliphatic heterocycles. The molecule has 0 spiro atoms. The van der Waals surface area contributed by atoms with E-state index >= 15 is 0 Å². The van der Waals surface area contributed by atoms with Crippen molar-refractivity contribution in [3.63, 3.8) is 0 Å². The first kappa shape index (κ1) is 24.3. The van der Waals surface area contributed by atoms with Crippen LogP contribution >= 0.6 is 0 Å². The molecule has 1 unspecified atom stereocenters. The molecule has 3 aromatic heterocycles. The lowest BCUT2D eigenvalue weighted by atomic mass is 10.1. The molecule has 9 nitrogen and oxygen atoms in total. The van der Waals surface area contributed by atoms with E-state index in [1.165, 1.54) is 13.4 Å². The van der Waals surface area contributed by atoms with Gasteiger partial charge in [0, 0.05) is 24.5 Å². The van der Waals surface area contributed by atoms with Gasteiger partial charge >= 0.3 is 5.97 Å². The number of hydrogen-bond donors (Lipinski definition) is 2. The van der Waals surface area contributed by atoms with Crippen molar-refractivity contribution in [3.05, 3.63) is 42.1 Å². The minimum atomic E-state index is -0.540. The number of nitrogens with zero attached hydrogens (tertiary/aromatic N) is 3. The number of pyridine rings is 1. The minimum Gasteiger partial charge on any atom is -0.464 e. The zero-order valence-electron chi connectivity index (χ0n) is 20.1. The summed E-state index contributed by atoms with van der Waals surface area (Å²) < 4.78 is 12.1. The number of carbonyl (C=O) groups is 2. The van der Waals surface area contributed by atoms with Crippen LogP contribution in [0, 0.1) is 5.92 Å². The molecule has 0 fully saturated rings. The van der Waals surface area contributed by atoms with Crippen molar-refractivity contribution in [2.75, 3.05) is 38.4 Å². The summed E-state index contributed by atoms with van der Waals surface area (Å²) in [6.45, 7) is 7.71. The van der Waals surface area contributed by atoms with Gasteiger partial charge in [-0.2, -0.15) is 0 Å². The fourth-order valence-corrected chi connectivity index (χ4v) is 3.81. The van der Waals surface area contributed by atoms with Crippen LogP contribution in [0.2, 0.25) is 0 Å². The monoisotopic (exact) mass is 455 g/mol. The minimum absolute atomic E-state index is 0.149. The molecule has 1 amide bonds. The fraction of sp³-hybridized carbons (Fsp3) is 0.458. The Balaban J connectivity index is 2.12. The maximum atomic E-state index is 12.9. The molecule has 0 radical (unpaired) electrons. The van der Waals surface area contributed by atoms with E-state index in [4.69, 9.17) is 9.15 Å².